The van der Waals surface area contributed by atoms with Gasteiger partial charge < -0.3 is 20.4 Å². The Balaban J connectivity index is 2.18. The van der Waals surface area contributed by atoms with Crippen LogP contribution >= 0.6 is 0 Å². The molecule has 3 N–H and O–H groups in total. The lowest BCUT2D eigenvalue weighted by Gasteiger charge is -2.06. The number of oxime groups is 1. The number of pyridine rings is 1. The Morgan fingerprint density at radius 1 is 1.16 bits per heavy atom. The lowest BCUT2D eigenvalue weighted by atomic mass is 10.3. The van der Waals surface area contributed by atoms with Gasteiger partial charge in [-0.05, 0) is 30.3 Å². The van der Waals surface area contributed by atoms with Crippen molar-refractivity contribution in [2.45, 2.75) is 0 Å². The third-order valence-electron chi connectivity index (χ3n) is 2.38. The number of methoxy groups -OCH3 is 1. The van der Waals surface area contributed by atoms with Crippen molar-refractivity contribution in [3.63, 3.8) is 0 Å². The van der Waals surface area contributed by atoms with E-state index < -0.39 is 0 Å². The van der Waals surface area contributed by atoms with Crippen LogP contribution in [0.5, 0.6) is 17.4 Å². The molecule has 0 radical (unpaired) electrons. The molecular formula is C13H13N3O3. The van der Waals surface area contributed by atoms with Gasteiger partial charge in [0, 0.05) is 6.07 Å². The second-order valence-electron chi connectivity index (χ2n) is 3.62. The normalized spacial score (nSPS) is 11.1. The van der Waals surface area contributed by atoms with Gasteiger partial charge in [-0.1, -0.05) is 11.2 Å². The molecule has 0 amide bonds. The van der Waals surface area contributed by atoms with Gasteiger partial charge in [0.2, 0.25) is 5.88 Å². The van der Waals surface area contributed by atoms with E-state index in [1.54, 1.807) is 49.6 Å². The molecule has 0 atom stereocenters. The monoisotopic (exact) mass is 259 g/mol. The number of benzene rings is 1. The van der Waals surface area contributed by atoms with E-state index in [0.29, 0.717) is 17.3 Å². The Morgan fingerprint density at radius 3 is 2.47 bits per heavy atom. The molecule has 1 aromatic carbocycles. The molecule has 0 spiro atoms. The quantitative estimate of drug-likeness (QED) is 0.379. The number of hydrogen-bond acceptors (Lipinski definition) is 5. The number of ether oxygens (including phenoxy) is 2. The number of aromatic nitrogens is 1. The molecule has 2 rings (SSSR count). The van der Waals surface area contributed by atoms with Crippen LogP contribution in [-0.4, -0.2) is 23.1 Å². The highest BCUT2D eigenvalue weighted by atomic mass is 16.5. The van der Waals surface area contributed by atoms with Crippen molar-refractivity contribution in [3.05, 3.63) is 48.2 Å². The smallest absolute Gasteiger partial charge is 0.219 e. The average Bonchev–Trinajstić information content (AvgIpc) is 2.47. The SMILES string of the molecule is COc1ccc(Oc2cccc(C(N)=NO)n2)cc1. The molecule has 0 saturated heterocycles. The molecule has 0 aliphatic heterocycles. The van der Waals surface area contributed by atoms with E-state index in [0.717, 1.165) is 5.75 Å². The van der Waals surface area contributed by atoms with Gasteiger partial charge in [0.05, 0.1) is 7.11 Å². The molecule has 0 saturated carbocycles. The Hall–Kier alpha value is -2.76. The molecule has 0 aliphatic rings. The van der Waals surface area contributed by atoms with E-state index in [4.69, 9.17) is 20.4 Å². The first-order valence-corrected chi connectivity index (χ1v) is 5.50. The summed E-state index contributed by atoms with van der Waals surface area (Å²) in [6.07, 6.45) is 0. The Bertz CT molecular complexity index is 582. The zero-order valence-corrected chi connectivity index (χ0v) is 10.3. The molecule has 0 fully saturated rings. The largest absolute Gasteiger partial charge is 0.497 e. The lowest BCUT2D eigenvalue weighted by molar-refractivity contribution is 0.318. The third-order valence-corrected chi connectivity index (χ3v) is 2.38. The van der Waals surface area contributed by atoms with Crippen molar-refractivity contribution in [3.8, 4) is 17.4 Å². The zero-order valence-electron chi connectivity index (χ0n) is 10.3. The summed E-state index contributed by atoms with van der Waals surface area (Å²) in [7, 11) is 1.60. The third kappa shape index (κ3) is 3.12. The average molecular weight is 259 g/mol. The highest BCUT2D eigenvalue weighted by Gasteiger charge is 2.04. The molecule has 6 heteroatoms. The van der Waals surface area contributed by atoms with Gasteiger partial charge in [0.15, 0.2) is 5.84 Å². The molecule has 0 unspecified atom stereocenters. The highest BCUT2D eigenvalue weighted by Crippen LogP contribution is 2.22. The number of hydrogen-bond donors (Lipinski definition) is 2. The van der Waals surface area contributed by atoms with Crippen LogP contribution in [0.25, 0.3) is 0 Å². The fraction of sp³-hybridized carbons (Fsp3) is 0.0769. The first-order valence-electron chi connectivity index (χ1n) is 5.50. The van der Waals surface area contributed by atoms with Gasteiger partial charge >= 0.3 is 0 Å². The van der Waals surface area contributed by atoms with Gasteiger partial charge in [-0.15, -0.1) is 0 Å². The van der Waals surface area contributed by atoms with E-state index >= 15 is 0 Å². The summed E-state index contributed by atoms with van der Waals surface area (Å²) in [5.74, 6) is 1.64. The van der Waals surface area contributed by atoms with Crippen LogP contribution in [-0.2, 0) is 0 Å². The van der Waals surface area contributed by atoms with E-state index in [-0.39, 0.29) is 5.84 Å². The molecule has 98 valence electrons. The fourth-order valence-electron chi connectivity index (χ4n) is 1.43. The molecule has 2 aromatic rings. The van der Waals surface area contributed by atoms with E-state index in [2.05, 4.69) is 10.1 Å². The number of nitrogens with two attached hydrogens (primary N) is 1. The van der Waals surface area contributed by atoms with Gasteiger partial charge in [-0.3, -0.25) is 0 Å². The van der Waals surface area contributed by atoms with Crippen molar-refractivity contribution in [1.82, 2.24) is 4.98 Å². The van der Waals surface area contributed by atoms with E-state index in [1.807, 2.05) is 0 Å². The maximum atomic E-state index is 8.59. The predicted octanol–water partition coefficient (Wildman–Crippen LogP) is 1.98. The van der Waals surface area contributed by atoms with Gasteiger partial charge in [0.25, 0.3) is 0 Å². The van der Waals surface area contributed by atoms with Crippen molar-refractivity contribution in [2.75, 3.05) is 7.11 Å². The van der Waals surface area contributed by atoms with Crippen LogP contribution in [0.4, 0.5) is 0 Å². The minimum atomic E-state index is -0.0693. The van der Waals surface area contributed by atoms with E-state index in [1.165, 1.54) is 0 Å². The van der Waals surface area contributed by atoms with Crippen molar-refractivity contribution in [2.24, 2.45) is 10.9 Å². The summed E-state index contributed by atoms with van der Waals surface area (Å²) in [5.41, 5.74) is 5.80. The van der Waals surface area contributed by atoms with Crippen LogP contribution in [0.3, 0.4) is 0 Å². The predicted molar refractivity (Wildman–Crippen MR) is 69.8 cm³/mol. The number of nitrogens with zero attached hydrogens (tertiary/aromatic N) is 2. The summed E-state index contributed by atoms with van der Waals surface area (Å²) in [6, 6.07) is 12.1. The first kappa shape index (κ1) is 12.7. The second-order valence-corrected chi connectivity index (χ2v) is 3.62. The maximum absolute atomic E-state index is 8.59. The summed E-state index contributed by atoms with van der Waals surface area (Å²) in [4.78, 5) is 4.11. The molecule has 0 bridgehead atoms. The maximum Gasteiger partial charge on any atom is 0.219 e. The van der Waals surface area contributed by atoms with Gasteiger partial charge in [-0.25, -0.2) is 4.98 Å². The van der Waals surface area contributed by atoms with E-state index in [9.17, 15) is 0 Å². The lowest BCUT2D eigenvalue weighted by Crippen LogP contribution is -2.14. The van der Waals surface area contributed by atoms with Crippen LogP contribution in [0.2, 0.25) is 0 Å². The highest BCUT2D eigenvalue weighted by molar-refractivity contribution is 5.95. The fourth-order valence-corrected chi connectivity index (χ4v) is 1.43. The Morgan fingerprint density at radius 2 is 1.84 bits per heavy atom. The minimum Gasteiger partial charge on any atom is -0.497 e. The van der Waals surface area contributed by atoms with Crippen LogP contribution < -0.4 is 15.2 Å². The second kappa shape index (κ2) is 5.72. The molecule has 1 heterocycles. The van der Waals surface area contributed by atoms with Gasteiger partial charge in [0.1, 0.15) is 17.2 Å². The molecule has 0 aliphatic carbocycles. The minimum absolute atomic E-state index is 0.0693. The standard InChI is InChI=1S/C13H13N3O3/c1-18-9-5-7-10(8-6-9)19-12-4-2-3-11(15-12)13(14)16-17/h2-8,17H,1H3,(H2,14,16). The number of amidine groups is 1. The molecule has 6 nitrogen and oxygen atoms in total. The Labute approximate surface area is 110 Å². The van der Waals surface area contributed by atoms with Crippen LogP contribution in [0.15, 0.2) is 47.6 Å². The van der Waals surface area contributed by atoms with Gasteiger partial charge in [-0.2, -0.15) is 0 Å². The summed E-state index contributed by atoms with van der Waals surface area (Å²) >= 11 is 0. The zero-order chi connectivity index (χ0) is 13.7. The molecule has 1 aromatic heterocycles. The number of rotatable bonds is 4. The summed E-state index contributed by atoms with van der Waals surface area (Å²) < 4.78 is 10.6. The van der Waals surface area contributed by atoms with Crippen molar-refractivity contribution < 1.29 is 14.7 Å². The van der Waals surface area contributed by atoms with Crippen LogP contribution in [0.1, 0.15) is 5.69 Å². The van der Waals surface area contributed by atoms with Crippen LogP contribution in [0, 0.1) is 0 Å². The first-order chi connectivity index (χ1) is 9.22. The summed E-state index contributed by atoms with van der Waals surface area (Å²) in [5, 5.41) is 11.5. The molecule has 19 heavy (non-hydrogen) atoms. The van der Waals surface area contributed by atoms with Crippen molar-refractivity contribution >= 4 is 5.84 Å². The summed E-state index contributed by atoms with van der Waals surface area (Å²) in [6.45, 7) is 0. The van der Waals surface area contributed by atoms with Crippen molar-refractivity contribution in [1.29, 1.82) is 0 Å². The Kier molecular flexibility index (Phi) is 3.82. The topological polar surface area (TPSA) is 90.0 Å². The molecular weight excluding hydrogens is 246 g/mol.